The molecule has 6 nitrogen and oxygen atoms in total. The fourth-order valence-corrected chi connectivity index (χ4v) is 2.59. The standard InChI is InChI=1S/C15H25N3O3/c1-4-5-12-10-14(17(2)16-12)15(19)18-7-9-21-13(11-18)6-8-20-3/h10,13H,4-9,11H2,1-3H3/t13-/m1/s1. The summed E-state index contributed by atoms with van der Waals surface area (Å²) < 4.78 is 12.4. The van der Waals surface area contributed by atoms with Gasteiger partial charge in [0.1, 0.15) is 5.69 Å². The van der Waals surface area contributed by atoms with Crippen LogP contribution in [0.4, 0.5) is 0 Å². The van der Waals surface area contributed by atoms with Crippen LogP contribution in [-0.2, 0) is 22.9 Å². The first kappa shape index (κ1) is 16.0. The van der Waals surface area contributed by atoms with Crippen LogP contribution in [0.15, 0.2) is 6.07 Å². The van der Waals surface area contributed by atoms with Gasteiger partial charge in [0.25, 0.3) is 5.91 Å². The normalized spacial score (nSPS) is 19.0. The Morgan fingerprint density at radius 2 is 2.38 bits per heavy atom. The Bertz CT molecular complexity index is 473. The summed E-state index contributed by atoms with van der Waals surface area (Å²) in [6.07, 6.45) is 2.81. The van der Waals surface area contributed by atoms with Crippen molar-refractivity contribution in [3.05, 3.63) is 17.5 Å². The average Bonchev–Trinajstić information content (AvgIpc) is 2.86. The monoisotopic (exact) mass is 295 g/mol. The molecule has 1 aromatic heterocycles. The first-order chi connectivity index (χ1) is 10.2. The van der Waals surface area contributed by atoms with Gasteiger partial charge in [-0.05, 0) is 18.9 Å². The predicted octanol–water partition coefficient (Wildman–Crippen LogP) is 1.25. The second-order valence-electron chi connectivity index (χ2n) is 5.42. The highest BCUT2D eigenvalue weighted by Crippen LogP contribution is 2.14. The quantitative estimate of drug-likeness (QED) is 0.792. The van der Waals surface area contributed by atoms with Gasteiger partial charge in [-0.15, -0.1) is 0 Å². The maximum absolute atomic E-state index is 12.6. The van der Waals surface area contributed by atoms with E-state index >= 15 is 0 Å². The molecule has 0 spiro atoms. The largest absolute Gasteiger partial charge is 0.385 e. The molecule has 0 saturated carbocycles. The van der Waals surface area contributed by atoms with Crippen molar-refractivity contribution in [2.75, 3.05) is 33.4 Å². The van der Waals surface area contributed by atoms with Gasteiger partial charge < -0.3 is 14.4 Å². The summed E-state index contributed by atoms with van der Waals surface area (Å²) in [5.41, 5.74) is 1.64. The number of ether oxygens (including phenoxy) is 2. The third-order valence-corrected chi connectivity index (χ3v) is 3.73. The molecule has 1 aromatic rings. The molecular weight excluding hydrogens is 270 g/mol. The molecule has 0 radical (unpaired) electrons. The third-order valence-electron chi connectivity index (χ3n) is 3.73. The maximum Gasteiger partial charge on any atom is 0.272 e. The maximum atomic E-state index is 12.6. The van der Waals surface area contributed by atoms with Crippen molar-refractivity contribution < 1.29 is 14.3 Å². The van der Waals surface area contributed by atoms with E-state index in [4.69, 9.17) is 9.47 Å². The summed E-state index contributed by atoms with van der Waals surface area (Å²) in [5, 5.41) is 4.40. The molecule has 0 unspecified atom stereocenters. The number of hydrogen-bond acceptors (Lipinski definition) is 4. The lowest BCUT2D eigenvalue weighted by molar-refractivity contribution is -0.0335. The molecule has 1 atom stereocenters. The number of aryl methyl sites for hydroxylation is 2. The van der Waals surface area contributed by atoms with Gasteiger partial charge >= 0.3 is 0 Å². The van der Waals surface area contributed by atoms with Crippen LogP contribution in [-0.4, -0.2) is 60.1 Å². The first-order valence-electron chi connectivity index (χ1n) is 7.58. The van der Waals surface area contributed by atoms with E-state index in [9.17, 15) is 4.79 Å². The van der Waals surface area contributed by atoms with Crippen LogP contribution in [0.5, 0.6) is 0 Å². The molecule has 6 heteroatoms. The summed E-state index contributed by atoms with van der Waals surface area (Å²) in [6, 6.07) is 1.91. The number of rotatable bonds is 6. The second kappa shape index (κ2) is 7.56. The Morgan fingerprint density at radius 1 is 1.57 bits per heavy atom. The van der Waals surface area contributed by atoms with Gasteiger partial charge in [-0.1, -0.05) is 13.3 Å². The molecule has 0 aliphatic carbocycles. The SMILES string of the molecule is CCCc1cc(C(=O)N2CCO[C@H](CCOC)C2)n(C)n1. The van der Waals surface area contributed by atoms with Crippen LogP contribution in [0, 0.1) is 0 Å². The van der Waals surface area contributed by atoms with E-state index in [0.717, 1.165) is 25.0 Å². The molecule has 1 amide bonds. The second-order valence-corrected chi connectivity index (χ2v) is 5.42. The molecule has 0 bridgehead atoms. The van der Waals surface area contributed by atoms with Crippen LogP contribution in [0.2, 0.25) is 0 Å². The molecule has 1 fully saturated rings. The van der Waals surface area contributed by atoms with Crippen molar-refractivity contribution in [1.29, 1.82) is 0 Å². The number of methoxy groups -OCH3 is 1. The van der Waals surface area contributed by atoms with Gasteiger partial charge in [-0.3, -0.25) is 9.48 Å². The summed E-state index contributed by atoms with van der Waals surface area (Å²) in [6.45, 7) is 4.60. The lowest BCUT2D eigenvalue weighted by atomic mass is 10.2. The minimum absolute atomic E-state index is 0.0399. The molecular formula is C15H25N3O3. The van der Waals surface area contributed by atoms with Gasteiger partial charge in [0.2, 0.25) is 0 Å². The van der Waals surface area contributed by atoms with Crippen LogP contribution < -0.4 is 0 Å². The molecule has 21 heavy (non-hydrogen) atoms. The Balaban J connectivity index is 2.01. The van der Waals surface area contributed by atoms with Crippen molar-refractivity contribution in [1.82, 2.24) is 14.7 Å². The topological polar surface area (TPSA) is 56.6 Å². The molecule has 0 N–H and O–H groups in total. The third kappa shape index (κ3) is 4.04. The molecule has 0 aromatic carbocycles. The van der Waals surface area contributed by atoms with Crippen LogP contribution in [0.25, 0.3) is 0 Å². The van der Waals surface area contributed by atoms with Crippen molar-refractivity contribution in [2.24, 2.45) is 7.05 Å². The lowest BCUT2D eigenvalue weighted by Gasteiger charge is -2.32. The zero-order valence-corrected chi connectivity index (χ0v) is 13.2. The number of aromatic nitrogens is 2. The minimum Gasteiger partial charge on any atom is -0.385 e. The predicted molar refractivity (Wildman–Crippen MR) is 79.3 cm³/mol. The highest BCUT2D eigenvalue weighted by atomic mass is 16.5. The Morgan fingerprint density at radius 3 is 3.10 bits per heavy atom. The summed E-state index contributed by atoms with van der Waals surface area (Å²) in [7, 11) is 3.51. The van der Waals surface area contributed by atoms with E-state index in [-0.39, 0.29) is 12.0 Å². The van der Waals surface area contributed by atoms with Crippen LogP contribution in [0.1, 0.15) is 35.9 Å². The van der Waals surface area contributed by atoms with Crippen molar-refractivity contribution in [3.8, 4) is 0 Å². The van der Waals surface area contributed by atoms with E-state index < -0.39 is 0 Å². The Kier molecular flexibility index (Phi) is 5.76. The number of carbonyl (C=O) groups excluding carboxylic acids is 1. The van der Waals surface area contributed by atoms with E-state index in [1.807, 2.05) is 18.0 Å². The molecule has 2 rings (SSSR count). The van der Waals surface area contributed by atoms with Crippen molar-refractivity contribution in [3.63, 3.8) is 0 Å². The highest BCUT2D eigenvalue weighted by molar-refractivity contribution is 5.92. The Hall–Kier alpha value is -1.40. The summed E-state index contributed by atoms with van der Waals surface area (Å²) in [5.74, 6) is 0.0399. The zero-order valence-electron chi connectivity index (χ0n) is 13.2. The van der Waals surface area contributed by atoms with Crippen LogP contribution >= 0.6 is 0 Å². The van der Waals surface area contributed by atoms with E-state index in [1.165, 1.54) is 0 Å². The van der Waals surface area contributed by atoms with Crippen LogP contribution in [0.3, 0.4) is 0 Å². The number of amides is 1. The van der Waals surface area contributed by atoms with E-state index in [0.29, 0.717) is 32.0 Å². The summed E-state index contributed by atoms with van der Waals surface area (Å²) in [4.78, 5) is 14.5. The number of carbonyl (C=O) groups is 1. The number of hydrogen-bond donors (Lipinski definition) is 0. The number of nitrogens with zero attached hydrogens (tertiary/aromatic N) is 3. The van der Waals surface area contributed by atoms with E-state index in [2.05, 4.69) is 12.0 Å². The Labute approximate surface area is 126 Å². The molecule has 2 heterocycles. The van der Waals surface area contributed by atoms with Gasteiger partial charge in [0.15, 0.2) is 0 Å². The average molecular weight is 295 g/mol. The summed E-state index contributed by atoms with van der Waals surface area (Å²) >= 11 is 0. The van der Waals surface area contributed by atoms with Crippen molar-refractivity contribution >= 4 is 5.91 Å². The molecule has 118 valence electrons. The van der Waals surface area contributed by atoms with Gasteiger partial charge in [0.05, 0.1) is 18.4 Å². The molecule has 1 aliphatic rings. The van der Waals surface area contributed by atoms with Gasteiger partial charge in [-0.25, -0.2) is 0 Å². The lowest BCUT2D eigenvalue weighted by Crippen LogP contribution is -2.46. The zero-order chi connectivity index (χ0) is 15.2. The fourth-order valence-electron chi connectivity index (χ4n) is 2.59. The minimum atomic E-state index is 0.0399. The highest BCUT2D eigenvalue weighted by Gasteiger charge is 2.26. The van der Waals surface area contributed by atoms with E-state index in [1.54, 1.807) is 11.8 Å². The molecule has 1 aliphatic heterocycles. The van der Waals surface area contributed by atoms with Crippen molar-refractivity contribution in [2.45, 2.75) is 32.3 Å². The van der Waals surface area contributed by atoms with Gasteiger partial charge in [0, 0.05) is 33.9 Å². The van der Waals surface area contributed by atoms with Gasteiger partial charge in [-0.2, -0.15) is 5.10 Å². The smallest absolute Gasteiger partial charge is 0.272 e. The fraction of sp³-hybridized carbons (Fsp3) is 0.733. The number of morpholine rings is 1. The first-order valence-corrected chi connectivity index (χ1v) is 7.58. The molecule has 1 saturated heterocycles.